The van der Waals surface area contributed by atoms with E-state index in [1.54, 1.807) is 11.1 Å². The third-order valence-electron chi connectivity index (χ3n) is 1.64. The molecule has 4 heteroatoms. The van der Waals surface area contributed by atoms with Gasteiger partial charge in [-0.3, -0.25) is 0 Å². The van der Waals surface area contributed by atoms with E-state index in [2.05, 4.69) is 0 Å². The Labute approximate surface area is 81.9 Å². The lowest BCUT2D eigenvalue weighted by Gasteiger charge is -2.16. The van der Waals surface area contributed by atoms with Gasteiger partial charge >= 0.3 is 5.97 Å². The van der Waals surface area contributed by atoms with Gasteiger partial charge in [-0.05, 0) is 25.3 Å². The number of carbonyl (C=O) groups is 1. The summed E-state index contributed by atoms with van der Waals surface area (Å²) in [5.41, 5.74) is 0. The predicted molar refractivity (Wildman–Crippen MR) is 52.7 cm³/mol. The Kier molecular flexibility index (Phi) is 3.92. The molecule has 0 aliphatic heterocycles. The van der Waals surface area contributed by atoms with Crippen molar-refractivity contribution in [2.75, 3.05) is 13.1 Å². The normalized spacial score (nSPS) is 10.4. The molecule has 0 aliphatic carbocycles. The zero-order valence-corrected chi connectivity index (χ0v) is 8.63. The molecule has 1 aromatic heterocycles. The van der Waals surface area contributed by atoms with Crippen molar-refractivity contribution in [3.05, 3.63) is 22.4 Å². The van der Waals surface area contributed by atoms with Crippen LogP contribution in [0.3, 0.4) is 0 Å². The van der Waals surface area contributed by atoms with Crippen LogP contribution in [0, 0.1) is 0 Å². The molecule has 0 atom stereocenters. The quantitative estimate of drug-likeness (QED) is 0.696. The second-order valence-electron chi connectivity index (χ2n) is 2.47. The van der Waals surface area contributed by atoms with E-state index in [4.69, 9.17) is 4.84 Å². The maximum Gasteiger partial charge on any atom is 0.367 e. The van der Waals surface area contributed by atoms with Crippen molar-refractivity contribution in [2.45, 2.75) is 13.8 Å². The SMILES string of the molecule is CCN(CC)OC(=O)c1cccs1. The zero-order valence-electron chi connectivity index (χ0n) is 7.82. The summed E-state index contributed by atoms with van der Waals surface area (Å²) in [6.07, 6.45) is 0. The van der Waals surface area contributed by atoms with Gasteiger partial charge in [0.25, 0.3) is 0 Å². The van der Waals surface area contributed by atoms with E-state index < -0.39 is 0 Å². The number of hydroxylamine groups is 2. The van der Waals surface area contributed by atoms with Gasteiger partial charge in [-0.15, -0.1) is 16.4 Å². The maximum absolute atomic E-state index is 11.4. The van der Waals surface area contributed by atoms with Crippen molar-refractivity contribution in [3.8, 4) is 0 Å². The molecular weight excluding hydrogens is 186 g/mol. The number of hydrogen-bond donors (Lipinski definition) is 0. The summed E-state index contributed by atoms with van der Waals surface area (Å²) in [5.74, 6) is -0.265. The largest absolute Gasteiger partial charge is 0.367 e. The van der Waals surface area contributed by atoms with Crippen LogP contribution in [0.1, 0.15) is 23.5 Å². The average Bonchev–Trinajstić information content (AvgIpc) is 2.66. The second kappa shape index (κ2) is 4.99. The van der Waals surface area contributed by atoms with Gasteiger partial charge in [0.15, 0.2) is 0 Å². The molecule has 0 saturated carbocycles. The number of rotatable bonds is 4. The Hall–Kier alpha value is -0.870. The molecule has 0 aliphatic rings. The van der Waals surface area contributed by atoms with E-state index in [1.807, 2.05) is 25.3 Å². The summed E-state index contributed by atoms with van der Waals surface area (Å²) in [6, 6.07) is 3.60. The van der Waals surface area contributed by atoms with E-state index in [9.17, 15) is 4.79 Å². The van der Waals surface area contributed by atoms with Crippen LogP contribution >= 0.6 is 11.3 Å². The average molecular weight is 199 g/mol. The highest BCUT2D eigenvalue weighted by molar-refractivity contribution is 7.11. The Morgan fingerprint density at radius 2 is 2.23 bits per heavy atom. The minimum Gasteiger partial charge on any atom is -0.363 e. The number of carbonyl (C=O) groups excluding carboxylic acids is 1. The molecule has 0 aromatic carbocycles. The van der Waals surface area contributed by atoms with Crippen molar-refractivity contribution in [1.82, 2.24) is 5.06 Å². The third-order valence-corrected chi connectivity index (χ3v) is 2.49. The van der Waals surface area contributed by atoms with Crippen molar-refractivity contribution >= 4 is 17.3 Å². The molecule has 1 aromatic rings. The number of thiophene rings is 1. The van der Waals surface area contributed by atoms with Crippen LogP contribution in [-0.4, -0.2) is 24.1 Å². The molecule has 0 bridgehead atoms. The fraction of sp³-hybridized carbons (Fsp3) is 0.444. The maximum atomic E-state index is 11.4. The van der Waals surface area contributed by atoms with Crippen LogP contribution in [0.5, 0.6) is 0 Å². The molecule has 0 radical (unpaired) electrons. The lowest BCUT2D eigenvalue weighted by Crippen LogP contribution is -2.26. The molecule has 0 amide bonds. The molecule has 13 heavy (non-hydrogen) atoms. The van der Waals surface area contributed by atoms with Gasteiger partial charge in [0.2, 0.25) is 0 Å². The topological polar surface area (TPSA) is 29.5 Å². The Morgan fingerprint density at radius 1 is 1.54 bits per heavy atom. The van der Waals surface area contributed by atoms with Gasteiger partial charge in [-0.2, -0.15) is 0 Å². The fourth-order valence-corrected chi connectivity index (χ4v) is 1.50. The van der Waals surface area contributed by atoms with Gasteiger partial charge in [0.05, 0.1) is 0 Å². The summed E-state index contributed by atoms with van der Waals surface area (Å²) in [7, 11) is 0. The molecule has 0 N–H and O–H groups in total. The first-order valence-corrected chi connectivity index (χ1v) is 5.16. The van der Waals surface area contributed by atoms with Crippen LogP contribution in [-0.2, 0) is 4.84 Å². The van der Waals surface area contributed by atoms with Crippen LogP contribution in [0.15, 0.2) is 17.5 Å². The van der Waals surface area contributed by atoms with Gasteiger partial charge < -0.3 is 4.84 Å². The smallest absolute Gasteiger partial charge is 0.363 e. The van der Waals surface area contributed by atoms with Crippen molar-refractivity contribution in [2.24, 2.45) is 0 Å². The molecule has 0 unspecified atom stereocenters. The highest BCUT2D eigenvalue weighted by Crippen LogP contribution is 2.10. The van der Waals surface area contributed by atoms with E-state index in [0.29, 0.717) is 18.0 Å². The van der Waals surface area contributed by atoms with E-state index in [0.717, 1.165) is 0 Å². The summed E-state index contributed by atoms with van der Waals surface area (Å²) in [5, 5.41) is 3.49. The van der Waals surface area contributed by atoms with E-state index in [-0.39, 0.29) is 5.97 Å². The van der Waals surface area contributed by atoms with Crippen LogP contribution in [0.2, 0.25) is 0 Å². The zero-order chi connectivity index (χ0) is 9.68. The molecule has 0 fully saturated rings. The van der Waals surface area contributed by atoms with Gasteiger partial charge in [0.1, 0.15) is 4.88 Å². The van der Waals surface area contributed by atoms with Crippen LogP contribution in [0.4, 0.5) is 0 Å². The van der Waals surface area contributed by atoms with Crippen LogP contribution in [0.25, 0.3) is 0 Å². The Bertz CT molecular complexity index is 255. The summed E-state index contributed by atoms with van der Waals surface area (Å²) < 4.78 is 0. The Morgan fingerprint density at radius 3 is 2.69 bits per heavy atom. The predicted octanol–water partition coefficient (Wildman–Crippen LogP) is 2.16. The first kappa shape index (κ1) is 10.2. The molecule has 72 valence electrons. The number of nitrogens with zero attached hydrogens (tertiary/aromatic N) is 1. The highest BCUT2D eigenvalue weighted by atomic mass is 32.1. The van der Waals surface area contributed by atoms with Crippen molar-refractivity contribution in [3.63, 3.8) is 0 Å². The van der Waals surface area contributed by atoms with Gasteiger partial charge in [0, 0.05) is 13.1 Å². The van der Waals surface area contributed by atoms with Crippen molar-refractivity contribution in [1.29, 1.82) is 0 Å². The van der Waals surface area contributed by atoms with Gasteiger partial charge in [-0.1, -0.05) is 6.07 Å². The van der Waals surface area contributed by atoms with Crippen LogP contribution < -0.4 is 0 Å². The molecule has 0 spiro atoms. The third kappa shape index (κ3) is 2.82. The molecule has 3 nitrogen and oxygen atoms in total. The monoisotopic (exact) mass is 199 g/mol. The second-order valence-corrected chi connectivity index (χ2v) is 3.42. The standard InChI is InChI=1S/C9H13NO2S/c1-3-10(4-2)12-9(11)8-6-5-7-13-8/h5-7H,3-4H2,1-2H3. The minimum absolute atomic E-state index is 0.265. The minimum atomic E-state index is -0.265. The lowest BCUT2D eigenvalue weighted by atomic mass is 10.5. The first-order valence-electron chi connectivity index (χ1n) is 4.28. The molecular formula is C9H13NO2S. The lowest BCUT2D eigenvalue weighted by molar-refractivity contribution is -0.102. The molecule has 1 heterocycles. The Balaban J connectivity index is 2.50. The highest BCUT2D eigenvalue weighted by Gasteiger charge is 2.11. The first-order chi connectivity index (χ1) is 6.27. The fourth-order valence-electron chi connectivity index (χ4n) is 0.910. The van der Waals surface area contributed by atoms with Gasteiger partial charge in [-0.25, -0.2) is 4.79 Å². The van der Waals surface area contributed by atoms with E-state index in [1.165, 1.54) is 11.3 Å². The molecule has 0 saturated heterocycles. The van der Waals surface area contributed by atoms with E-state index >= 15 is 0 Å². The number of hydrogen-bond acceptors (Lipinski definition) is 4. The summed E-state index contributed by atoms with van der Waals surface area (Å²) >= 11 is 1.39. The summed E-state index contributed by atoms with van der Waals surface area (Å²) in [4.78, 5) is 17.1. The summed E-state index contributed by atoms with van der Waals surface area (Å²) in [6.45, 7) is 5.33. The molecule has 1 rings (SSSR count). The van der Waals surface area contributed by atoms with Crippen molar-refractivity contribution < 1.29 is 9.63 Å².